The van der Waals surface area contributed by atoms with Gasteiger partial charge in [-0.3, -0.25) is 4.98 Å². The van der Waals surface area contributed by atoms with Crippen molar-refractivity contribution in [2.75, 3.05) is 0 Å². The molecule has 2 rings (SSSR count). The maximum Gasteiger partial charge on any atom is 0.0695 e. The Morgan fingerprint density at radius 2 is 1.32 bits per heavy atom. The summed E-state index contributed by atoms with van der Waals surface area (Å²) >= 11 is 0. The molecule has 0 unspecified atom stereocenters. The number of rotatable bonds is 4. The first kappa shape index (κ1) is 19.1. The van der Waals surface area contributed by atoms with Gasteiger partial charge in [0.1, 0.15) is 0 Å². The smallest absolute Gasteiger partial charge is 0.0695 e. The minimum Gasteiger partial charge on any atom is -0.256 e. The maximum atomic E-state index is 4.08. The number of hydrogen-bond acceptors (Lipinski definition) is 1. The molecule has 0 saturated heterocycles. The lowest BCUT2D eigenvalue weighted by Gasteiger charge is -1.95. The fourth-order valence-electron chi connectivity index (χ4n) is 1.36. The zero-order chi connectivity index (χ0) is 16.6. The van der Waals surface area contributed by atoms with E-state index in [4.69, 9.17) is 0 Å². The van der Waals surface area contributed by atoms with Gasteiger partial charge in [0.25, 0.3) is 0 Å². The molecule has 1 aromatic carbocycles. The fraction of sp³-hybridized carbons (Fsp3) is 0. The number of aromatic nitrogens is 1. The summed E-state index contributed by atoms with van der Waals surface area (Å²) in [6.45, 7) is 17.6. The van der Waals surface area contributed by atoms with Crippen molar-refractivity contribution >= 4 is 18.2 Å². The molecular weight excluding hydrogens is 266 g/mol. The van der Waals surface area contributed by atoms with Crippen molar-refractivity contribution in [2.45, 2.75) is 0 Å². The van der Waals surface area contributed by atoms with Gasteiger partial charge in [-0.2, -0.15) is 0 Å². The van der Waals surface area contributed by atoms with Crippen LogP contribution < -0.4 is 0 Å². The number of allylic oxidation sites excluding steroid dienone is 2. The third kappa shape index (κ3) is 8.28. The first-order valence-electron chi connectivity index (χ1n) is 6.84. The molecule has 2 aromatic rings. The summed E-state index contributed by atoms with van der Waals surface area (Å²) in [4.78, 5) is 4.08. The Kier molecular flexibility index (Phi) is 11.3. The second-order valence-corrected chi connectivity index (χ2v) is 3.97. The van der Waals surface area contributed by atoms with Crippen molar-refractivity contribution in [3.8, 4) is 0 Å². The molecule has 0 radical (unpaired) electrons. The number of nitrogens with zero attached hydrogens (tertiary/aromatic N) is 1. The molecule has 112 valence electrons. The molecule has 22 heavy (non-hydrogen) atoms. The van der Waals surface area contributed by atoms with E-state index in [0.717, 1.165) is 11.3 Å². The van der Waals surface area contributed by atoms with Crippen LogP contribution in [-0.4, -0.2) is 4.98 Å². The van der Waals surface area contributed by atoms with E-state index >= 15 is 0 Å². The van der Waals surface area contributed by atoms with Gasteiger partial charge in [0.05, 0.1) is 5.69 Å². The summed E-state index contributed by atoms with van der Waals surface area (Å²) in [5.41, 5.74) is 3.09. The molecule has 0 saturated carbocycles. The molecule has 0 aliphatic heterocycles. The topological polar surface area (TPSA) is 12.9 Å². The van der Waals surface area contributed by atoms with Crippen molar-refractivity contribution in [3.63, 3.8) is 0 Å². The van der Waals surface area contributed by atoms with Gasteiger partial charge >= 0.3 is 0 Å². The van der Waals surface area contributed by atoms with Crippen LogP contribution in [0.4, 0.5) is 0 Å². The fourth-order valence-corrected chi connectivity index (χ4v) is 1.36. The van der Waals surface area contributed by atoms with Crippen LogP contribution >= 0.6 is 0 Å². The van der Waals surface area contributed by atoms with Crippen molar-refractivity contribution in [2.24, 2.45) is 0 Å². The highest BCUT2D eigenvalue weighted by Gasteiger charge is 1.91. The molecule has 0 atom stereocenters. The Morgan fingerprint density at radius 1 is 0.682 bits per heavy atom. The molecule has 1 heterocycles. The third-order valence-corrected chi connectivity index (χ3v) is 2.49. The maximum absolute atomic E-state index is 4.08. The van der Waals surface area contributed by atoms with Gasteiger partial charge in [-0.25, -0.2) is 0 Å². The highest BCUT2D eigenvalue weighted by atomic mass is 14.7. The molecule has 0 aliphatic rings. The van der Waals surface area contributed by atoms with Gasteiger partial charge in [0.2, 0.25) is 0 Å². The summed E-state index contributed by atoms with van der Waals surface area (Å²) in [7, 11) is 0. The highest BCUT2D eigenvalue weighted by Crippen LogP contribution is 2.06. The average molecular weight is 289 g/mol. The van der Waals surface area contributed by atoms with Crippen LogP contribution in [-0.2, 0) is 0 Å². The van der Waals surface area contributed by atoms with Gasteiger partial charge in [-0.15, -0.1) is 0 Å². The van der Waals surface area contributed by atoms with Crippen LogP contribution in [0.25, 0.3) is 18.2 Å². The monoisotopic (exact) mass is 289 g/mol. The van der Waals surface area contributed by atoms with Crippen LogP contribution in [0.1, 0.15) is 16.8 Å². The Bertz CT molecular complexity index is 561. The van der Waals surface area contributed by atoms with E-state index < -0.39 is 0 Å². The molecule has 1 heteroatoms. The third-order valence-electron chi connectivity index (χ3n) is 2.49. The summed E-state index contributed by atoms with van der Waals surface area (Å²) in [6, 6.07) is 13.9. The van der Waals surface area contributed by atoms with E-state index in [1.54, 1.807) is 30.5 Å². The van der Waals surface area contributed by atoms with E-state index in [-0.39, 0.29) is 0 Å². The average Bonchev–Trinajstić information content (AvgIpc) is 2.63. The van der Waals surface area contributed by atoms with E-state index in [2.05, 4.69) is 37.9 Å². The minimum absolute atomic E-state index is 0.887. The predicted octanol–water partition coefficient (Wildman–Crippen LogP) is 6.06. The van der Waals surface area contributed by atoms with E-state index in [0.29, 0.717) is 0 Å². The second kappa shape index (κ2) is 13.1. The molecule has 0 bridgehead atoms. The lowest BCUT2D eigenvalue weighted by atomic mass is 10.2. The van der Waals surface area contributed by atoms with Crippen molar-refractivity contribution < 1.29 is 0 Å². The molecule has 0 amide bonds. The van der Waals surface area contributed by atoms with Crippen LogP contribution in [0.2, 0.25) is 0 Å². The zero-order valence-corrected chi connectivity index (χ0v) is 13.0. The molecule has 0 fully saturated rings. The molecular formula is C21H23N. The van der Waals surface area contributed by atoms with Gasteiger partial charge < -0.3 is 0 Å². The first-order chi connectivity index (χ1) is 10.7. The summed E-state index contributed by atoms with van der Waals surface area (Å²) in [6.07, 6.45) is 10.3. The largest absolute Gasteiger partial charge is 0.256 e. The standard InChI is InChI=1S/C9H9N.C8H8.C4H6/c1-3-8-6-5-7-10-9(8)4-2;1-2-8-6-4-3-5-7-8;1-3-4-2/h3-7H,1-2H2;2-7H,1H2;3-4H,1-2H2. The minimum atomic E-state index is 0.887. The summed E-state index contributed by atoms with van der Waals surface area (Å²) in [5.74, 6) is 0. The van der Waals surface area contributed by atoms with Crippen LogP contribution in [0.3, 0.4) is 0 Å². The number of benzene rings is 1. The van der Waals surface area contributed by atoms with E-state index in [9.17, 15) is 0 Å². The lowest BCUT2D eigenvalue weighted by molar-refractivity contribution is 1.28. The molecule has 0 spiro atoms. The molecule has 0 aliphatic carbocycles. The Balaban J connectivity index is 0.000000330. The normalized spacial score (nSPS) is 8.00. The van der Waals surface area contributed by atoms with Gasteiger partial charge in [-0.1, -0.05) is 93.6 Å². The quantitative estimate of drug-likeness (QED) is 0.624. The van der Waals surface area contributed by atoms with Gasteiger partial charge in [-0.05, 0) is 23.3 Å². The van der Waals surface area contributed by atoms with Crippen LogP contribution in [0, 0.1) is 0 Å². The Hall–Kier alpha value is -2.93. The first-order valence-corrected chi connectivity index (χ1v) is 6.84. The Morgan fingerprint density at radius 3 is 1.68 bits per heavy atom. The second-order valence-electron chi connectivity index (χ2n) is 3.97. The molecule has 0 N–H and O–H groups in total. The van der Waals surface area contributed by atoms with Crippen LogP contribution in [0.15, 0.2) is 93.7 Å². The van der Waals surface area contributed by atoms with E-state index in [1.165, 1.54) is 5.56 Å². The highest BCUT2D eigenvalue weighted by molar-refractivity contribution is 5.59. The molecule has 1 aromatic heterocycles. The van der Waals surface area contributed by atoms with Crippen molar-refractivity contribution in [1.82, 2.24) is 4.98 Å². The van der Waals surface area contributed by atoms with Crippen molar-refractivity contribution in [1.29, 1.82) is 0 Å². The summed E-state index contributed by atoms with van der Waals surface area (Å²) < 4.78 is 0. The van der Waals surface area contributed by atoms with Crippen LogP contribution in [0.5, 0.6) is 0 Å². The van der Waals surface area contributed by atoms with Crippen molar-refractivity contribution in [3.05, 3.63) is 111 Å². The number of hydrogen-bond donors (Lipinski definition) is 0. The summed E-state index contributed by atoms with van der Waals surface area (Å²) in [5, 5.41) is 0. The Labute approximate surface area is 134 Å². The van der Waals surface area contributed by atoms with E-state index in [1.807, 2.05) is 48.5 Å². The van der Waals surface area contributed by atoms with Gasteiger partial charge in [0, 0.05) is 6.20 Å². The van der Waals surface area contributed by atoms with Gasteiger partial charge in [0.15, 0.2) is 0 Å². The SMILES string of the molecule is C=CC=C.C=Cc1ccccc1.C=Cc1cccnc1C=C. The number of pyridine rings is 1. The lowest BCUT2D eigenvalue weighted by Crippen LogP contribution is -1.82. The predicted molar refractivity (Wildman–Crippen MR) is 101 cm³/mol. The molecule has 1 nitrogen and oxygen atoms in total. The zero-order valence-electron chi connectivity index (χ0n) is 13.0.